The number of amidine groups is 1. The Morgan fingerprint density at radius 3 is 2.75 bits per heavy atom. The summed E-state index contributed by atoms with van der Waals surface area (Å²) in [7, 11) is 0. The predicted octanol–water partition coefficient (Wildman–Crippen LogP) is 3.30. The number of aliphatic hydroxyl groups is 1. The van der Waals surface area contributed by atoms with Crippen molar-refractivity contribution in [3.8, 4) is 0 Å². The molecule has 1 atom stereocenters. The summed E-state index contributed by atoms with van der Waals surface area (Å²) in [6, 6.07) is 14.5. The van der Waals surface area contributed by atoms with Crippen molar-refractivity contribution in [3.05, 3.63) is 65.5 Å². The fourth-order valence-corrected chi connectivity index (χ4v) is 4.64. The van der Waals surface area contributed by atoms with Crippen LogP contribution in [0.1, 0.15) is 17.5 Å². The Morgan fingerprint density at radius 1 is 1.21 bits per heavy atom. The Morgan fingerprint density at radius 2 is 2.00 bits per heavy atom. The van der Waals surface area contributed by atoms with Gasteiger partial charge in [-0.15, -0.1) is 0 Å². The number of β-amino-alcohol motifs (C(OH)–C–C–N with tert-alkyl or cyclic N) is 1. The number of benzene rings is 2. The Labute approximate surface area is 145 Å². The summed E-state index contributed by atoms with van der Waals surface area (Å²) in [5, 5.41) is 12.6. The monoisotopic (exact) mass is 343 g/mol. The fraction of sp³-hybridized carbons (Fsp3) is 0.316. The average molecular weight is 343 g/mol. The SMILES string of the molecule is Cc1cccc(N2C[C@](O)(c3ccc(F)cc3)[N+]3=C2SCCC3)c1. The highest BCUT2D eigenvalue weighted by Gasteiger charge is 2.53. The van der Waals surface area contributed by atoms with Crippen LogP contribution >= 0.6 is 11.8 Å². The summed E-state index contributed by atoms with van der Waals surface area (Å²) in [6.45, 7) is 3.32. The lowest BCUT2D eigenvalue weighted by Gasteiger charge is -2.24. The van der Waals surface area contributed by atoms with Crippen molar-refractivity contribution < 1.29 is 14.1 Å². The maximum atomic E-state index is 13.3. The van der Waals surface area contributed by atoms with E-state index in [1.165, 1.54) is 17.7 Å². The van der Waals surface area contributed by atoms with E-state index < -0.39 is 5.72 Å². The van der Waals surface area contributed by atoms with Crippen molar-refractivity contribution in [1.82, 2.24) is 0 Å². The van der Waals surface area contributed by atoms with Crippen LogP contribution in [-0.4, -0.2) is 33.7 Å². The van der Waals surface area contributed by atoms with Gasteiger partial charge in [0.15, 0.2) is 6.54 Å². The highest BCUT2D eigenvalue weighted by molar-refractivity contribution is 8.13. The molecule has 0 unspecified atom stereocenters. The van der Waals surface area contributed by atoms with E-state index in [2.05, 4.69) is 34.6 Å². The van der Waals surface area contributed by atoms with Crippen LogP contribution < -0.4 is 4.90 Å². The third-order valence-corrected chi connectivity index (χ3v) is 5.86. The van der Waals surface area contributed by atoms with E-state index >= 15 is 0 Å². The molecule has 0 saturated heterocycles. The quantitative estimate of drug-likeness (QED) is 0.848. The van der Waals surface area contributed by atoms with Crippen LogP contribution in [0, 0.1) is 12.7 Å². The van der Waals surface area contributed by atoms with Gasteiger partial charge in [-0.25, -0.2) is 13.9 Å². The van der Waals surface area contributed by atoms with Crippen molar-refractivity contribution in [1.29, 1.82) is 0 Å². The summed E-state index contributed by atoms with van der Waals surface area (Å²) in [6.07, 6.45) is 1.03. The van der Waals surface area contributed by atoms with Crippen molar-refractivity contribution in [2.75, 3.05) is 23.7 Å². The Kier molecular flexibility index (Phi) is 3.85. The third kappa shape index (κ3) is 2.52. The van der Waals surface area contributed by atoms with Crippen LogP contribution in [0.15, 0.2) is 48.5 Å². The first-order valence-corrected chi connectivity index (χ1v) is 9.16. The van der Waals surface area contributed by atoms with Gasteiger partial charge in [0.2, 0.25) is 0 Å². The topological polar surface area (TPSA) is 26.5 Å². The fourth-order valence-electron chi connectivity index (χ4n) is 3.46. The Bertz CT molecular complexity index is 805. The largest absolute Gasteiger partial charge is 0.346 e. The van der Waals surface area contributed by atoms with Gasteiger partial charge in [-0.05, 0) is 67.1 Å². The number of nitrogens with zero attached hydrogens (tertiary/aromatic N) is 2. The molecule has 0 aliphatic carbocycles. The summed E-state index contributed by atoms with van der Waals surface area (Å²) >= 11 is 1.78. The minimum absolute atomic E-state index is 0.284. The zero-order chi connectivity index (χ0) is 16.7. The molecule has 0 radical (unpaired) electrons. The molecular formula is C19H20FN2OS+. The van der Waals surface area contributed by atoms with Crippen LogP contribution in [-0.2, 0) is 5.72 Å². The number of rotatable bonds is 2. The molecule has 0 spiro atoms. The van der Waals surface area contributed by atoms with Crippen molar-refractivity contribution in [3.63, 3.8) is 0 Å². The second-order valence-corrected chi connectivity index (χ2v) is 7.45. The van der Waals surface area contributed by atoms with Crippen LogP contribution in [0.5, 0.6) is 0 Å². The number of hydrogen-bond donors (Lipinski definition) is 1. The number of hydrogen-bond acceptors (Lipinski definition) is 3. The van der Waals surface area contributed by atoms with Gasteiger partial charge in [-0.2, -0.15) is 0 Å². The van der Waals surface area contributed by atoms with Crippen LogP contribution in [0.25, 0.3) is 0 Å². The number of halogens is 1. The number of thioether (sulfide) groups is 1. The number of anilines is 1. The lowest BCUT2D eigenvalue weighted by atomic mass is 10.0. The molecule has 4 rings (SSSR count). The average Bonchev–Trinajstić information content (AvgIpc) is 2.90. The van der Waals surface area contributed by atoms with Crippen molar-refractivity contribution in [2.45, 2.75) is 19.1 Å². The maximum absolute atomic E-state index is 13.3. The summed E-state index contributed by atoms with van der Waals surface area (Å²) in [4.78, 5) is 2.18. The first-order chi connectivity index (χ1) is 11.6. The summed E-state index contributed by atoms with van der Waals surface area (Å²) in [5.41, 5.74) is 1.89. The van der Waals surface area contributed by atoms with E-state index in [1.54, 1.807) is 23.9 Å². The van der Waals surface area contributed by atoms with Crippen LogP contribution in [0.2, 0.25) is 0 Å². The second kappa shape index (κ2) is 5.90. The molecule has 2 aromatic rings. The maximum Gasteiger partial charge on any atom is 0.316 e. The molecule has 2 aliphatic rings. The van der Waals surface area contributed by atoms with Gasteiger partial charge in [0.25, 0.3) is 5.72 Å². The van der Waals surface area contributed by atoms with Crippen molar-refractivity contribution in [2.24, 2.45) is 0 Å². The number of aryl methyl sites for hydroxylation is 1. The molecule has 5 heteroatoms. The van der Waals surface area contributed by atoms with E-state index in [1.807, 2.05) is 6.07 Å². The molecule has 0 aromatic heterocycles. The van der Waals surface area contributed by atoms with Gasteiger partial charge in [-0.1, -0.05) is 12.1 Å². The lowest BCUT2D eigenvalue weighted by Crippen LogP contribution is -2.41. The zero-order valence-electron chi connectivity index (χ0n) is 13.6. The molecule has 24 heavy (non-hydrogen) atoms. The standard InChI is InChI=1S/C19H20FN2OS/c1-14-4-2-5-17(12-14)21-13-19(23,15-6-8-16(20)9-7-15)22-10-3-11-24-18(21)22/h2,4-9,12,23H,3,10-11,13H2,1H3/q+1/t19-/m0/s1. The first-order valence-electron chi connectivity index (χ1n) is 8.18. The molecule has 2 aromatic carbocycles. The van der Waals surface area contributed by atoms with E-state index in [0.717, 1.165) is 35.1 Å². The van der Waals surface area contributed by atoms with E-state index in [4.69, 9.17) is 0 Å². The van der Waals surface area contributed by atoms with Gasteiger partial charge >= 0.3 is 5.17 Å². The minimum atomic E-state index is -1.12. The second-order valence-electron chi connectivity index (χ2n) is 6.38. The summed E-state index contributed by atoms with van der Waals surface area (Å²) < 4.78 is 15.4. The molecule has 2 aliphatic heterocycles. The molecule has 124 valence electrons. The Balaban J connectivity index is 1.80. The molecular weight excluding hydrogens is 323 g/mol. The lowest BCUT2D eigenvalue weighted by molar-refractivity contribution is -0.656. The predicted molar refractivity (Wildman–Crippen MR) is 96.0 cm³/mol. The molecule has 0 amide bonds. The normalized spacial score (nSPS) is 23.5. The van der Waals surface area contributed by atoms with E-state index in [9.17, 15) is 9.50 Å². The third-order valence-electron chi connectivity index (χ3n) is 4.66. The molecule has 3 nitrogen and oxygen atoms in total. The first kappa shape index (κ1) is 15.7. The molecule has 0 fully saturated rings. The summed E-state index contributed by atoms with van der Waals surface area (Å²) in [5.74, 6) is 0.765. The van der Waals surface area contributed by atoms with Gasteiger partial charge < -0.3 is 5.11 Å². The van der Waals surface area contributed by atoms with Crippen LogP contribution in [0.3, 0.4) is 0 Å². The van der Waals surface area contributed by atoms with Gasteiger partial charge in [0, 0.05) is 11.3 Å². The molecule has 2 heterocycles. The highest BCUT2D eigenvalue weighted by atomic mass is 32.2. The van der Waals surface area contributed by atoms with E-state index in [-0.39, 0.29) is 5.82 Å². The van der Waals surface area contributed by atoms with Gasteiger partial charge in [-0.3, -0.25) is 0 Å². The van der Waals surface area contributed by atoms with E-state index in [0.29, 0.717) is 6.54 Å². The zero-order valence-corrected chi connectivity index (χ0v) is 14.4. The highest BCUT2D eigenvalue weighted by Crippen LogP contribution is 2.37. The Hall–Kier alpha value is -1.85. The molecule has 0 bridgehead atoms. The van der Waals surface area contributed by atoms with Gasteiger partial charge in [0.1, 0.15) is 11.5 Å². The van der Waals surface area contributed by atoms with Crippen LogP contribution in [0.4, 0.5) is 10.1 Å². The molecule has 0 saturated carbocycles. The minimum Gasteiger partial charge on any atom is -0.346 e. The van der Waals surface area contributed by atoms with Crippen molar-refractivity contribution >= 4 is 22.6 Å². The molecule has 1 N–H and O–H groups in total. The van der Waals surface area contributed by atoms with Gasteiger partial charge in [0.05, 0.1) is 6.54 Å². The smallest absolute Gasteiger partial charge is 0.316 e.